The van der Waals surface area contributed by atoms with Crippen LogP contribution in [0.25, 0.3) is 0 Å². The highest BCUT2D eigenvalue weighted by atomic mass is 35.5. The lowest BCUT2D eigenvalue weighted by atomic mass is 10.2. The second kappa shape index (κ2) is 6.05. The molecular formula is C14H21ClN4O2. The Hall–Kier alpha value is -1.56. The molecule has 2 rings (SSSR count). The number of halogens is 1. The number of amides is 1. The molecular weight excluding hydrogens is 292 g/mol. The molecule has 21 heavy (non-hydrogen) atoms. The summed E-state index contributed by atoms with van der Waals surface area (Å²) in [5.41, 5.74) is -0.478. The van der Waals surface area contributed by atoms with Crippen LogP contribution < -0.4 is 4.90 Å². The minimum atomic E-state index is -0.478. The Kier molecular flexibility index (Phi) is 4.56. The van der Waals surface area contributed by atoms with E-state index in [4.69, 9.17) is 16.3 Å². The van der Waals surface area contributed by atoms with Crippen LogP contribution in [-0.2, 0) is 4.74 Å². The Morgan fingerprint density at radius 1 is 1.43 bits per heavy atom. The molecule has 1 unspecified atom stereocenters. The van der Waals surface area contributed by atoms with Gasteiger partial charge < -0.3 is 14.5 Å². The number of hydrogen-bond donors (Lipinski definition) is 0. The minimum absolute atomic E-state index is 0.0438. The molecule has 1 aromatic rings. The van der Waals surface area contributed by atoms with Gasteiger partial charge in [0, 0.05) is 31.9 Å². The molecule has 0 aliphatic carbocycles. The summed E-state index contributed by atoms with van der Waals surface area (Å²) in [7, 11) is 0. The van der Waals surface area contributed by atoms with Crippen molar-refractivity contribution in [2.45, 2.75) is 39.3 Å². The molecule has 0 spiro atoms. The van der Waals surface area contributed by atoms with Gasteiger partial charge in [-0.15, -0.1) is 0 Å². The van der Waals surface area contributed by atoms with Crippen molar-refractivity contribution in [2.75, 3.05) is 24.5 Å². The van der Waals surface area contributed by atoms with E-state index in [1.54, 1.807) is 11.1 Å². The fourth-order valence-electron chi connectivity index (χ4n) is 2.26. The van der Waals surface area contributed by atoms with Crippen LogP contribution in [0.3, 0.4) is 0 Å². The topological polar surface area (TPSA) is 58.6 Å². The van der Waals surface area contributed by atoms with Gasteiger partial charge in [-0.05, 0) is 45.4 Å². The monoisotopic (exact) mass is 312 g/mol. The third-order valence-electron chi connectivity index (χ3n) is 3.19. The van der Waals surface area contributed by atoms with Crippen molar-refractivity contribution in [3.05, 3.63) is 17.5 Å². The Morgan fingerprint density at radius 2 is 2.14 bits per heavy atom. The van der Waals surface area contributed by atoms with Crippen molar-refractivity contribution in [3.8, 4) is 0 Å². The van der Waals surface area contributed by atoms with Crippen LogP contribution in [0.5, 0.6) is 0 Å². The van der Waals surface area contributed by atoms with Crippen LogP contribution in [0.4, 0.5) is 10.6 Å². The van der Waals surface area contributed by atoms with Crippen molar-refractivity contribution in [2.24, 2.45) is 0 Å². The average Bonchev–Trinajstić information content (AvgIpc) is 2.36. The third kappa shape index (κ3) is 4.20. The average molecular weight is 313 g/mol. The predicted octanol–water partition coefficient (Wildman–Crippen LogP) is 2.58. The van der Waals surface area contributed by atoms with Crippen LogP contribution in [0.1, 0.15) is 27.7 Å². The van der Waals surface area contributed by atoms with E-state index < -0.39 is 5.60 Å². The number of carbonyl (C=O) groups excluding carboxylic acids is 1. The second-order valence-corrected chi connectivity index (χ2v) is 6.49. The van der Waals surface area contributed by atoms with Crippen LogP contribution in [0.15, 0.2) is 12.3 Å². The van der Waals surface area contributed by atoms with Crippen molar-refractivity contribution >= 4 is 23.5 Å². The molecule has 6 nitrogen and oxygen atoms in total. The van der Waals surface area contributed by atoms with Gasteiger partial charge in [-0.1, -0.05) is 0 Å². The molecule has 0 aromatic carbocycles. The molecule has 1 aliphatic heterocycles. The van der Waals surface area contributed by atoms with Gasteiger partial charge in [0.25, 0.3) is 0 Å². The zero-order valence-electron chi connectivity index (χ0n) is 12.8. The molecule has 1 amide bonds. The number of rotatable bonds is 1. The van der Waals surface area contributed by atoms with E-state index in [1.165, 1.54) is 0 Å². The van der Waals surface area contributed by atoms with Gasteiger partial charge in [0.2, 0.25) is 5.28 Å². The summed E-state index contributed by atoms with van der Waals surface area (Å²) in [6.45, 7) is 9.58. The highest BCUT2D eigenvalue weighted by Crippen LogP contribution is 2.20. The molecule has 2 heterocycles. The largest absolute Gasteiger partial charge is 0.444 e. The maximum absolute atomic E-state index is 12.2. The first-order valence-electron chi connectivity index (χ1n) is 6.99. The van der Waals surface area contributed by atoms with Gasteiger partial charge >= 0.3 is 6.09 Å². The lowest BCUT2D eigenvalue weighted by Gasteiger charge is -2.40. The zero-order chi connectivity index (χ0) is 15.6. The van der Waals surface area contributed by atoms with Crippen molar-refractivity contribution in [3.63, 3.8) is 0 Å². The van der Waals surface area contributed by atoms with E-state index in [2.05, 4.69) is 14.9 Å². The molecule has 1 aromatic heterocycles. The van der Waals surface area contributed by atoms with Crippen molar-refractivity contribution in [1.82, 2.24) is 14.9 Å². The van der Waals surface area contributed by atoms with Crippen LogP contribution in [0, 0.1) is 0 Å². The standard InChI is InChI=1S/C14H21ClN4O2/c1-10-9-18(11-5-6-16-12(15)17-11)7-8-19(10)13(20)21-14(2,3)4/h5-6,10H,7-9H2,1-4H3. The van der Waals surface area contributed by atoms with Gasteiger partial charge in [-0.25, -0.2) is 14.8 Å². The molecule has 7 heteroatoms. The highest BCUT2D eigenvalue weighted by Gasteiger charge is 2.31. The lowest BCUT2D eigenvalue weighted by Crippen LogP contribution is -2.55. The first-order valence-corrected chi connectivity index (χ1v) is 7.37. The molecule has 0 N–H and O–H groups in total. The predicted molar refractivity (Wildman–Crippen MR) is 81.7 cm³/mol. The Bertz CT molecular complexity index is 518. The van der Waals surface area contributed by atoms with Gasteiger partial charge in [0.15, 0.2) is 0 Å². The number of aromatic nitrogens is 2. The molecule has 1 atom stereocenters. The van der Waals surface area contributed by atoms with E-state index in [-0.39, 0.29) is 17.4 Å². The number of ether oxygens (including phenoxy) is 1. The SMILES string of the molecule is CC1CN(c2ccnc(Cl)n2)CCN1C(=O)OC(C)(C)C. The Balaban J connectivity index is 2.01. The number of hydrogen-bond acceptors (Lipinski definition) is 5. The third-order valence-corrected chi connectivity index (χ3v) is 3.37. The fourth-order valence-corrected chi connectivity index (χ4v) is 2.40. The summed E-state index contributed by atoms with van der Waals surface area (Å²) in [6, 6.07) is 1.87. The number of piperazine rings is 1. The normalized spacial score (nSPS) is 19.6. The summed E-state index contributed by atoms with van der Waals surface area (Å²) in [5, 5.41) is 0.231. The summed E-state index contributed by atoms with van der Waals surface area (Å²) >= 11 is 5.82. The fraction of sp³-hybridized carbons (Fsp3) is 0.643. The molecule has 0 saturated carbocycles. The maximum atomic E-state index is 12.2. The van der Waals surface area contributed by atoms with E-state index >= 15 is 0 Å². The number of nitrogens with zero attached hydrogens (tertiary/aromatic N) is 4. The molecule has 116 valence electrons. The molecule has 1 saturated heterocycles. The summed E-state index contributed by atoms with van der Waals surface area (Å²) in [4.78, 5) is 24.1. The van der Waals surface area contributed by atoms with Crippen LogP contribution in [0.2, 0.25) is 5.28 Å². The quantitative estimate of drug-likeness (QED) is 0.746. The number of anilines is 1. The van der Waals surface area contributed by atoms with E-state index in [1.807, 2.05) is 33.8 Å². The van der Waals surface area contributed by atoms with Gasteiger partial charge in [-0.3, -0.25) is 0 Å². The van der Waals surface area contributed by atoms with E-state index in [9.17, 15) is 4.79 Å². The molecule has 0 bridgehead atoms. The molecule has 1 fully saturated rings. The maximum Gasteiger partial charge on any atom is 0.410 e. The van der Waals surface area contributed by atoms with E-state index in [0.717, 1.165) is 5.82 Å². The Morgan fingerprint density at radius 3 is 2.71 bits per heavy atom. The number of carbonyl (C=O) groups is 1. The summed E-state index contributed by atoms with van der Waals surface area (Å²) in [6.07, 6.45) is 1.37. The summed E-state index contributed by atoms with van der Waals surface area (Å²) < 4.78 is 5.43. The first kappa shape index (κ1) is 15.8. The lowest BCUT2D eigenvalue weighted by molar-refractivity contribution is 0.0158. The summed E-state index contributed by atoms with van der Waals surface area (Å²) in [5.74, 6) is 0.783. The van der Waals surface area contributed by atoms with Gasteiger partial charge in [0.05, 0.1) is 0 Å². The Labute approximate surface area is 130 Å². The first-order chi connectivity index (χ1) is 9.76. The van der Waals surface area contributed by atoms with Crippen LogP contribution >= 0.6 is 11.6 Å². The van der Waals surface area contributed by atoms with Crippen molar-refractivity contribution < 1.29 is 9.53 Å². The smallest absolute Gasteiger partial charge is 0.410 e. The molecule has 1 aliphatic rings. The highest BCUT2D eigenvalue weighted by molar-refractivity contribution is 6.28. The van der Waals surface area contributed by atoms with Crippen LogP contribution in [-0.4, -0.2) is 52.2 Å². The minimum Gasteiger partial charge on any atom is -0.444 e. The van der Waals surface area contributed by atoms with Crippen molar-refractivity contribution in [1.29, 1.82) is 0 Å². The van der Waals surface area contributed by atoms with Gasteiger partial charge in [-0.2, -0.15) is 0 Å². The van der Waals surface area contributed by atoms with Gasteiger partial charge in [0.1, 0.15) is 11.4 Å². The van der Waals surface area contributed by atoms with E-state index in [0.29, 0.717) is 19.6 Å². The molecule has 0 radical (unpaired) electrons. The zero-order valence-corrected chi connectivity index (χ0v) is 13.6. The second-order valence-electron chi connectivity index (χ2n) is 6.15.